The number of nitrogens with two attached hydrogens (primary N) is 1. The van der Waals surface area contributed by atoms with Crippen LogP contribution in [0.2, 0.25) is 0 Å². The molecular weight excluding hydrogens is 144 g/mol. The number of rotatable bonds is 1. The van der Waals surface area contributed by atoms with Gasteiger partial charge >= 0.3 is 0 Å². The molecule has 0 aromatic heterocycles. The largest absolute Gasteiger partial charge is 0.367 e. The molecule has 2 atom stereocenters. The maximum Gasteiger partial charge on any atom is 0.251 e. The lowest BCUT2D eigenvalue weighted by Crippen LogP contribution is -2.61. The molecule has 1 saturated heterocycles. The van der Waals surface area contributed by atoms with E-state index in [1.807, 2.05) is 6.92 Å². The molecule has 11 heavy (non-hydrogen) atoms. The molecule has 0 aromatic rings. The van der Waals surface area contributed by atoms with Crippen molar-refractivity contribution < 1.29 is 9.53 Å². The van der Waals surface area contributed by atoms with Gasteiger partial charge in [-0.1, -0.05) is 0 Å². The average molecular weight is 158 g/mol. The number of hydrogen-bond acceptors (Lipinski definition) is 3. The van der Waals surface area contributed by atoms with E-state index >= 15 is 0 Å². The summed E-state index contributed by atoms with van der Waals surface area (Å²) in [6, 6.07) is -0.00579. The maximum atomic E-state index is 10.9. The minimum Gasteiger partial charge on any atom is -0.367 e. The summed E-state index contributed by atoms with van der Waals surface area (Å²) in [4.78, 5) is 10.9. The van der Waals surface area contributed by atoms with Crippen molar-refractivity contribution in [1.29, 1.82) is 0 Å². The van der Waals surface area contributed by atoms with Crippen molar-refractivity contribution in [2.75, 3.05) is 13.2 Å². The van der Waals surface area contributed by atoms with Crippen LogP contribution in [0, 0.1) is 0 Å². The highest BCUT2D eigenvalue weighted by Crippen LogP contribution is 2.17. The minimum atomic E-state index is -0.835. The van der Waals surface area contributed by atoms with Gasteiger partial charge in [-0.2, -0.15) is 0 Å². The smallest absolute Gasteiger partial charge is 0.251 e. The van der Waals surface area contributed by atoms with Crippen LogP contribution >= 0.6 is 0 Å². The number of carbonyl (C=O) groups excluding carboxylic acids is 1. The molecule has 2 unspecified atom stereocenters. The summed E-state index contributed by atoms with van der Waals surface area (Å²) >= 11 is 0. The van der Waals surface area contributed by atoms with Gasteiger partial charge in [-0.3, -0.25) is 4.79 Å². The monoisotopic (exact) mass is 158 g/mol. The van der Waals surface area contributed by atoms with Crippen LogP contribution in [0.1, 0.15) is 13.8 Å². The third kappa shape index (κ3) is 1.36. The number of amides is 1. The molecule has 0 aromatic carbocycles. The van der Waals surface area contributed by atoms with Gasteiger partial charge in [0.15, 0.2) is 5.60 Å². The molecule has 1 heterocycles. The molecule has 3 N–H and O–H groups in total. The van der Waals surface area contributed by atoms with Gasteiger partial charge in [0.2, 0.25) is 0 Å². The van der Waals surface area contributed by atoms with Crippen LogP contribution in [0.15, 0.2) is 0 Å². The summed E-state index contributed by atoms with van der Waals surface area (Å²) in [6.07, 6.45) is 0. The molecule has 0 spiro atoms. The highest BCUT2D eigenvalue weighted by molar-refractivity contribution is 5.84. The van der Waals surface area contributed by atoms with Crippen LogP contribution in [-0.2, 0) is 9.53 Å². The van der Waals surface area contributed by atoms with Crippen molar-refractivity contribution >= 4 is 5.91 Å². The summed E-state index contributed by atoms with van der Waals surface area (Å²) in [7, 11) is 0. The van der Waals surface area contributed by atoms with Gasteiger partial charge in [-0.15, -0.1) is 0 Å². The van der Waals surface area contributed by atoms with Crippen molar-refractivity contribution in [2.24, 2.45) is 5.73 Å². The van der Waals surface area contributed by atoms with Crippen LogP contribution < -0.4 is 11.1 Å². The highest BCUT2D eigenvalue weighted by Gasteiger charge is 2.40. The van der Waals surface area contributed by atoms with Gasteiger partial charge in [0.25, 0.3) is 5.91 Å². The van der Waals surface area contributed by atoms with Crippen molar-refractivity contribution in [3.8, 4) is 0 Å². The zero-order chi connectivity index (χ0) is 8.48. The number of primary amides is 1. The molecule has 1 fully saturated rings. The molecule has 1 rings (SSSR count). The quantitative estimate of drug-likeness (QED) is 0.527. The van der Waals surface area contributed by atoms with E-state index in [2.05, 4.69) is 5.32 Å². The lowest BCUT2D eigenvalue weighted by Gasteiger charge is -2.37. The third-order valence-corrected chi connectivity index (χ3v) is 2.27. The molecular formula is C7H14N2O2. The molecule has 1 aliphatic rings. The standard InChI is InChI=1S/C7H14N2O2/c1-5-7(2,6(8)10)11-4-3-9-5/h5,9H,3-4H2,1-2H3,(H2,8,10). The van der Waals surface area contributed by atoms with E-state index < -0.39 is 11.5 Å². The molecule has 64 valence electrons. The Morgan fingerprint density at radius 3 is 2.82 bits per heavy atom. The van der Waals surface area contributed by atoms with E-state index in [1.165, 1.54) is 0 Å². The Morgan fingerprint density at radius 2 is 2.45 bits per heavy atom. The van der Waals surface area contributed by atoms with Gasteiger partial charge in [0.05, 0.1) is 6.61 Å². The second kappa shape index (κ2) is 2.79. The van der Waals surface area contributed by atoms with Crippen molar-refractivity contribution in [2.45, 2.75) is 25.5 Å². The topological polar surface area (TPSA) is 64.3 Å². The Bertz CT molecular complexity index is 172. The summed E-state index contributed by atoms with van der Waals surface area (Å²) in [5, 5.41) is 3.13. The lowest BCUT2D eigenvalue weighted by molar-refractivity contribution is -0.149. The zero-order valence-corrected chi connectivity index (χ0v) is 6.89. The van der Waals surface area contributed by atoms with Crippen molar-refractivity contribution in [3.63, 3.8) is 0 Å². The Balaban J connectivity index is 2.72. The minimum absolute atomic E-state index is 0.00579. The zero-order valence-electron chi connectivity index (χ0n) is 6.89. The molecule has 4 nitrogen and oxygen atoms in total. The first-order valence-corrected chi connectivity index (χ1v) is 3.74. The normalized spacial score (nSPS) is 38.5. The van der Waals surface area contributed by atoms with Crippen LogP contribution in [-0.4, -0.2) is 30.7 Å². The number of hydrogen-bond donors (Lipinski definition) is 2. The number of ether oxygens (including phenoxy) is 1. The Morgan fingerprint density at radius 1 is 1.82 bits per heavy atom. The third-order valence-electron chi connectivity index (χ3n) is 2.27. The van der Waals surface area contributed by atoms with Gasteiger partial charge < -0.3 is 15.8 Å². The average Bonchev–Trinajstić information content (AvgIpc) is 1.95. The van der Waals surface area contributed by atoms with Crippen LogP contribution in [0.4, 0.5) is 0 Å². The molecule has 0 saturated carbocycles. The summed E-state index contributed by atoms with van der Waals surface area (Å²) in [6.45, 7) is 4.93. The summed E-state index contributed by atoms with van der Waals surface area (Å²) < 4.78 is 5.30. The van der Waals surface area contributed by atoms with E-state index in [-0.39, 0.29) is 6.04 Å². The Hall–Kier alpha value is -0.610. The number of nitrogens with one attached hydrogen (secondary N) is 1. The SMILES string of the molecule is CC1NCCOC1(C)C(N)=O. The van der Waals surface area contributed by atoms with Gasteiger partial charge in [0, 0.05) is 12.6 Å². The first-order chi connectivity index (χ1) is 5.07. The van der Waals surface area contributed by atoms with E-state index in [4.69, 9.17) is 10.5 Å². The van der Waals surface area contributed by atoms with Gasteiger partial charge in [-0.25, -0.2) is 0 Å². The Labute approximate surface area is 66.1 Å². The van der Waals surface area contributed by atoms with Gasteiger partial charge in [-0.05, 0) is 13.8 Å². The number of carbonyl (C=O) groups is 1. The number of morpholine rings is 1. The van der Waals surface area contributed by atoms with Crippen LogP contribution in [0.5, 0.6) is 0 Å². The molecule has 0 radical (unpaired) electrons. The van der Waals surface area contributed by atoms with Crippen LogP contribution in [0.3, 0.4) is 0 Å². The molecule has 0 bridgehead atoms. The molecule has 1 aliphatic heterocycles. The van der Waals surface area contributed by atoms with E-state index in [0.717, 1.165) is 6.54 Å². The van der Waals surface area contributed by atoms with E-state index in [9.17, 15) is 4.79 Å². The predicted molar refractivity (Wildman–Crippen MR) is 41.0 cm³/mol. The first kappa shape index (κ1) is 8.49. The fourth-order valence-corrected chi connectivity index (χ4v) is 1.14. The second-order valence-corrected chi connectivity index (χ2v) is 3.00. The molecule has 4 heteroatoms. The van der Waals surface area contributed by atoms with Crippen molar-refractivity contribution in [3.05, 3.63) is 0 Å². The molecule has 0 aliphatic carbocycles. The Kier molecular flexibility index (Phi) is 2.15. The van der Waals surface area contributed by atoms with E-state index in [0.29, 0.717) is 6.61 Å². The molecule has 1 amide bonds. The first-order valence-electron chi connectivity index (χ1n) is 3.74. The fraction of sp³-hybridized carbons (Fsp3) is 0.857. The predicted octanol–water partition coefficient (Wildman–Crippen LogP) is -0.761. The van der Waals surface area contributed by atoms with Crippen molar-refractivity contribution in [1.82, 2.24) is 5.32 Å². The van der Waals surface area contributed by atoms with Gasteiger partial charge in [0.1, 0.15) is 0 Å². The maximum absolute atomic E-state index is 10.9. The van der Waals surface area contributed by atoms with Crippen LogP contribution in [0.25, 0.3) is 0 Å². The summed E-state index contributed by atoms with van der Waals surface area (Å²) in [5.41, 5.74) is 4.35. The van der Waals surface area contributed by atoms with E-state index in [1.54, 1.807) is 6.92 Å². The lowest BCUT2D eigenvalue weighted by atomic mass is 9.95. The fourth-order valence-electron chi connectivity index (χ4n) is 1.14. The summed E-state index contributed by atoms with van der Waals surface area (Å²) in [5.74, 6) is -0.405. The highest BCUT2D eigenvalue weighted by atomic mass is 16.5. The second-order valence-electron chi connectivity index (χ2n) is 3.00.